The SMILES string of the molecule is COc1cnc(C(=O)O)c(C)c1C(F)F. The van der Waals surface area contributed by atoms with E-state index in [-0.39, 0.29) is 17.0 Å². The van der Waals surface area contributed by atoms with E-state index in [0.29, 0.717) is 0 Å². The molecule has 1 heterocycles. The molecule has 4 nitrogen and oxygen atoms in total. The number of alkyl halides is 2. The fourth-order valence-corrected chi connectivity index (χ4v) is 1.25. The monoisotopic (exact) mass is 217 g/mol. The van der Waals surface area contributed by atoms with Gasteiger partial charge in [0.05, 0.1) is 18.9 Å². The van der Waals surface area contributed by atoms with E-state index in [4.69, 9.17) is 5.11 Å². The lowest BCUT2D eigenvalue weighted by Crippen LogP contribution is -2.08. The summed E-state index contributed by atoms with van der Waals surface area (Å²) in [5, 5.41) is 8.69. The Morgan fingerprint density at radius 2 is 2.20 bits per heavy atom. The van der Waals surface area contributed by atoms with Gasteiger partial charge in [-0.2, -0.15) is 0 Å². The number of rotatable bonds is 3. The van der Waals surface area contributed by atoms with Crippen molar-refractivity contribution in [2.24, 2.45) is 0 Å². The summed E-state index contributed by atoms with van der Waals surface area (Å²) in [6.45, 7) is 1.28. The fraction of sp³-hybridized carbons (Fsp3) is 0.333. The van der Waals surface area contributed by atoms with Crippen LogP contribution in [0.25, 0.3) is 0 Å². The summed E-state index contributed by atoms with van der Waals surface area (Å²) in [6, 6.07) is 0. The summed E-state index contributed by atoms with van der Waals surface area (Å²) in [6.07, 6.45) is -1.81. The molecule has 1 aromatic heterocycles. The Kier molecular flexibility index (Phi) is 3.18. The van der Waals surface area contributed by atoms with Crippen molar-refractivity contribution in [3.63, 3.8) is 0 Å². The highest BCUT2D eigenvalue weighted by molar-refractivity contribution is 5.87. The van der Waals surface area contributed by atoms with Crippen molar-refractivity contribution in [1.82, 2.24) is 4.98 Å². The number of ether oxygens (including phenoxy) is 1. The largest absolute Gasteiger partial charge is 0.495 e. The zero-order valence-electron chi connectivity index (χ0n) is 8.12. The lowest BCUT2D eigenvalue weighted by molar-refractivity contribution is 0.0688. The minimum Gasteiger partial charge on any atom is -0.495 e. The summed E-state index contributed by atoms with van der Waals surface area (Å²) in [4.78, 5) is 14.2. The highest BCUT2D eigenvalue weighted by atomic mass is 19.3. The number of halogens is 2. The molecule has 0 radical (unpaired) electrons. The summed E-state index contributed by atoms with van der Waals surface area (Å²) < 4.78 is 29.9. The van der Waals surface area contributed by atoms with Crippen LogP contribution in [0, 0.1) is 6.92 Å². The van der Waals surface area contributed by atoms with Crippen LogP contribution in [0.15, 0.2) is 6.20 Å². The molecule has 1 aromatic rings. The molecule has 0 atom stereocenters. The van der Waals surface area contributed by atoms with Crippen molar-refractivity contribution in [2.45, 2.75) is 13.3 Å². The third-order valence-corrected chi connectivity index (χ3v) is 1.98. The molecule has 0 saturated carbocycles. The molecule has 15 heavy (non-hydrogen) atoms. The molecule has 0 saturated heterocycles. The van der Waals surface area contributed by atoms with E-state index in [1.54, 1.807) is 0 Å². The Morgan fingerprint density at radius 1 is 1.60 bits per heavy atom. The van der Waals surface area contributed by atoms with Crippen molar-refractivity contribution in [3.05, 3.63) is 23.0 Å². The number of aromatic carboxylic acids is 1. The fourth-order valence-electron chi connectivity index (χ4n) is 1.25. The molecule has 1 rings (SSSR count). The van der Waals surface area contributed by atoms with E-state index in [0.717, 1.165) is 6.20 Å². The topological polar surface area (TPSA) is 59.4 Å². The van der Waals surface area contributed by atoms with Crippen LogP contribution in [0.2, 0.25) is 0 Å². The minimum atomic E-state index is -2.79. The van der Waals surface area contributed by atoms with Crippen LogP contribution in [0.5, 0.6) is 5.75 Å². The van der Waals surface area contributed by atoms with Gasteiger partial charge in [0.15, 0.2) is 5.69 Å². The van der Waals surface area contributed by atoms with Gasteiger partial charge in [0, 0.05) is 0 Å². The second kappa shape index (κ2) is 4.20. The Morgan fingerprint density at radius 3 is 2.60 bits per heavy atom. The highest BCUT2D eigenvalue weighted by Crippen LogP contribution is 2.32. The molecule has 82 valence electrons. The van der Waals surface area contributed by atoms with Crippen molar-refractivity contribution < 1.29 is 23.4 Å². The number of methoxy groups -OCH3 is 1. The Hall–Kier alpha value is -1.72. The number of hydrogen-bond acceptors (Lipinski definition) is 3. The standard InChI is InChI=1S/C9H9F2NO3/c1-4-6(8(10)11)5(15-2)3-12-7(4)9(13)14/h3,8H,1-2H3,(H,13,14). The Bertz CT molecular complexity index is 393. The number of nitrogens with zero attached hydrogens (tertiary/aromatic N) is 1. The molecular formula is C9H9F2NO3. The first-order valence-electron chi connectivity index (χ1n) is 4.04. The van der Waals surface area contributed by atoms with Crippen LogP contribution in [-0.4, -0.2) is 23.2 Å². The van der Waals surface area contributed by atoms with Crippen molar-refractivity contribution >= 4 is 5.97 Å². The van der Waals surface area contributed by atoms with E-state index in [1.165, 1.54) is 14.0 Å². The number of pyridine rings is 1. The molecule has 0 aliphatic heterocycles. The van der Waals surface area contributed by atoms with Crippen LogP contribution in [0.4, 0.5) is 8.78 Å². The predicted molar refractivity (Wildman–Crippen MR) is 47.4 cm³/mol. The predicted octanol–water partition coefficient (Wildman–Crippen LogP) is 2.03. The average molecular weight is 217 g/mol. The second-order valence-corrected chi connectivity index (χ2v) is 2.82. The maximum absolute atomic E-state index is 12.6. The molecule has 0 fully saturated rings. The molecule has 0 spiro atoms. The van der Waals surface area contributed by atoms with E-state index < -0.39 is 18.0 Å². The van der Waals surface area contributed by atoms with Gasteiger partial charge in [0.25, 0.3) is 6.43 Å². The minimum absolute atomic E-state index is 0.0724. The van der Waals surface area contributed by atoms with E-state index in [1.807, 2.05) is 0 Å². The normalized spacial score (nSPS) is 10.5. The smallest absolute Gasteiger partial charge is 0.354 e. The highest BCUT2D eigenvalue weighted by Gasteiger charge is 2.22. The average Bonchev–Trinajstić information content (AvgIpc) is 2.15. The van der Waals surface area contributed by atoms with Gasteiger partial charge in [0.2, 0.25) is 0 Å². The van der Waals surface area contributed by atoms with Crippen molar-refractivity contribution in [3.8, 4) is 5.75 Å². The molecular weight excluding hydrogens is 208 g/mol. The first-order valence-corrected chi connectivity index (χ1v) is 4.04. The van der Waals surface area contributed by atoms with Gasteiger partial charge in [0.1, 0.15) is 5.75 Å². The van der Waals surface area contributed by atoms with Gasteiger partial charge in [-0.05, 0) is 12.5 Å². The third-order valence-electron chi connectivity index (χ3n) is 1.98. The van der Waals surface area contributed by atoms with Gasteiger partial charge in [-0.3, -0.25) is 0 Å². The zero-order valence-corrected chi connectivity index (χ0v) is 8.12. The molecule has 0 amide bonds. The summed E-state index contributed by atoms with van der Waals surface area (Å²) >= 11 is 0. The molecule has 0 aliphatic rings. The Balaban J connectivity index is 3.42. The maximum atomic E-state index is 12.6. The quantitative estimate of drug-likeness (QED) is 0.841. The van der Waals surface area contributed by atoms with E-state index >= 15 is 0 Å². The van der Waals surface area contributed by atoms with Crippen LogP contribution in [0.1, 0.15) is 28.0 Å². The summed E-state index contributed by atoms with van der Waals surface area (Å²) in [5.41, 5.74) is -0.882. The van der Waals surface area contributed by atoms with Crippen molar-refractivity contribution in [2.75, 3.05) is 7.11 Å². The number of carboxylic acids is 1. The maximum Gasteiger partial charge on any atom is 0.354 e. The van der Waals surface area contributed by atoms with E-state index in [9.17, 15) is 13.6 Å². The van der Waals surface area contributed by atoms with Crippen molar-refractivity contribution in [1.29, 1.82) is 0 Å². The van der Waals surface area contributed by atoms with Crippen LogP contribution >= 0.6 is 0 Å². The van der Waals surface area contributed by atoms with Gasteiger partial charge >= 0.3 is 5.97 Å². The number of carbonyl (C=O) groups is 1. The van der Waals surface area contributed by atoms with Crippen LogP contribution in [0.3, 0.4) is 0 Å². The Labute approximate surface area is 84.5 Å². The van der Waals surface area contributed by atoms with Gasteiger partial charge in [-0.25, -0.2) is 18.6 Å². The molecule has 0 aromatic carbocycles. The molecule has 6 heteroatoms. The number of carboxylic acid groups (broad SMARTS) is 1. The van der Waals surface area contributed by atoms with Gasteiger partial charge in [-0.1, -0.05) is 0 Å². The van der Waals surface area contributed by atoms with Crippen LogP contribution in [-0.2, 0) is 0 Å². The number of hydrogen-bond donors (Lipinski definition) is 1. The zero-order chi connectivity index (χ0) is 11.6. The molecule has 0 bridgehead atoms. The van der Waals surface area contributed by atoms with Crippen LogP contribution < -0.4 is 4.74 Å². The number of aromatic nitrogens is 1. The molecule has 0 aliphatic carbocycles. The second-order valence-electron chi connectivity index (χ2n) is 2.82. The summed E-state index contributed by atoms with van der Waals surface area (Å²) in [7, 11) is 1.22. The third kappa shape index (κ3) is 2.03. The first-order chi connectivity index (χ1) is 6.99. The van der Waals surface area contributed by atoms with Gasteiger partial charge in [-0.15, -0.1) is 0 Å². The first kappa shape index (κ1) is 11.4. The summed E-state index contributed by atoms with van der Waals surface area (Å²) in [5.74, 6) is -1.44. The van der Waals surface area contributed by atoms with E-state index in [2.05, 4.69) is 9.72 Å². The van der Waals surface area contributed by atoms with Gasteiger partial charge < -0.3 is 9.84 Å². The lowest BCUT2D eigenvalue weighted by atomic mass is 10.1. The molecule has 0 unspecified atom stereocenters. The lowest BCUT2D eigenvalue weighted by Gasteiger charge is -2.11. The molecule has 1 N–H and O–H groups in total.